The lowest BCUT2D eigenvalue weighted by Crippen LogP contribution is -2.00. The summed E-state index contributed by atoms with van der Waals surface area (Å²) in [6.07, 6.45) is 6.03. The van der Waals surface area contributed by atoms with Crippen molar-refractivity contribution in [3.05, 3.63) is 12.2 Å². The molecule has 0 unspecified atom stereocenters. The lowest BCUT2D eigenvalue weighted by molar-refractivity contribution is -0.0800. The number of rotatable bonds is 8. The van der Waals surface area contributed by atoms with Gasteiger partial charge in [-0.25, -0.2) is 0 Å². The Kier molecular flexibility index (Phi) is 8.53. The van der Waals surface area contributed by atoms with Gasteiger partial charge in [-0.2, -0.15) is 13.2 Å². The Labute approximate surface area is 90.6 Å². The summed E-state index contributed by atoms with van der Waals surface area (Å²) in [4.78, 5) is 0. The molecule has 0 saturated carbocycles. The van der Waals surface area contributed by atoms with Crippen LogP contribution in [0.4, 0.5) is 13.2 Å². The molecule has 15 heavy (non-hydrogen) atoms. The van der Waals surface area contributed by atoms with Gasteiger partial charge in [-0.1, -0.05) is 51.5 Å². The molecule has 3 heteroatoms. The average molecular weight is 222 g/mol. The fraction of sp³-hybridized carbons (Fsp3) is 0.833. The monoisotopic (exact) mass is 222 g/mol. The largest absolute Gasteiger partial charge is 0.409 e. The van der Waals surface area contributed by atoms with Crippen molar-refractivity contribution in [3.63, 3.8) is 0 Å². The summed E-state index contributed by atoms with van der Waals surface area (Å²) in [7, 11) is 0. The smallest absolute Gasteiger partial charge is 0.167 e. The minimum atomic E-state index is -4.14. The zero-order chi connectivity index (χ0) is 11.6. The summed E-state index contributed by atoms with van der Waals surface area (Å²) in [5.74, 6) is 0. The van der Waals surface area contributed by atoms with Crippen LogP contribution in [0.2, 0.25) is 0 Å². The molecule has 0 atom stereocenters. The van der Waals surface area contributed by atoms with Crippen LogP contribution >= 0.6 is 0 Å². The third-order valence-corrected chi connectivity index (χ3v) is 2.28. The molecule has 0 N–H and O–H groups in total. The highest BCUT2D eigenvalue weighted by molar-refractivity contribution is 4.88. The number of hydrogen-bond acceptors (Lipinski definition) is 0. The molecule has 0 aliphatic rings. The average Bonchev–Trinajstić information content (AvgIpc) is 2.14. The van der Waals surface area contributed by atoms with Crippen LogP contribution in [-0.4, -0.2) is 6.18 Å². The molecule has 0 aromatic rings. The van der Waals surface area contributed by atoms with Crippen molar-refractivity contribution in [1.82, 2.24) is 0 Å². The van der Waals surface area contributed by atoms with E-state index in [4.69, 9.17) is 0 Å². The second kappa shape index (κ2) is 8.81. The van der Waals surface area contributed by atoms with Gasteiger partial charge in [0.1, 0.15) is 0 Å². The molecular formula is C12H21F3. The molecule has 0 aliphatic carbocycles. The Morgan fingerprint density at radius 3 is 1.93 bits per heavy atom. The van der Waals surface area contributed by atoms with Gasteiger partial charge in [0.2, 0.25) is 0 Å². The lowest BCUT2D eigenvalue weighted by Gasteiger charge is -1.99. The molecule has 0 amide bonds. The van der Waals surface area contributed by atoms with E-state index in [2.05, 4.69) is 6.92 Å². The molecule has 0 saturated heterocycles. The van der Waals surface area contributed by atoms with E-state index in [9.17, 15) is 13.2 Å². The summed E-state index contributed by atoms with van der Waals surface area (Å²) in [5, 5.41) is 0. The minimum absolute atomic E-state index is 0.337. The molecule has 0 aromatic heterocycles. The maximum atomic E-state index is 11.7. The second-order valence-corrected chi connectivity index (χ2v) is 3.85. The van der Waals surface area contributed by atoms with Crippen LogP contribution in [0.3, 0.4) is 0 Å². The van der Waals surface area contributed by atoms with Crippen molar-refractivity contribution in [2.75, 3.05) is 0 Å². The van der Waals surface area contributed by atoms with Gasteiger partial charge >= 0.3 is 6.18 Å². The third-order valence-electron chi connectivity index (χ3n) is 2.28. The van der Waals surface area contributed by atoms with Crippen LogP contribution < -0.4 is 0 Å². The van der Waals surface area contributed by atoms with Crippen LogP contribution in [0.15, 0.2) is 12.2 Å². The van der Waals surface area contributed by atoms with E-state index in [1.54, 1.807) is 0 Å². The first-order valence-electron chi connectivity index (χ1n) is 5.80. The quantitative estimate of drug-likeness (QED) is 0.389. The van der Waals surface area contributed by atoms with Crippen LogP contribution in [-0.2, 0) is 0 Å². The first-order chi connectivity index (χ1) is 7.06. The summed E-state index contributed by atoms with van der Waals surface area (Å²) in [5.41, 5.74) is 0. The molecule has 0 rings (SSSR count). The van der Waals surface area contributed by atoms with E-state index < -0.39 is 6.18 Å². The Balaban J connectivity index is 3.15. The second-order valence-electron chi connectivity index (χ2n) is 3.85. The summed E-state index contributed by atoms with van der Waals surface area (Å²) in [6.45, 7) is 2.17. The molecular weight excluding hydrogens is 201 g/mol. The number of unbranched alkanes of at least 4 members (excludes halogenated alkanes) is 7. The molecule has 0 spiro atoms. The Bertz CT molecular complexity index is 159. The molecule has 0 heterocycles. The molecule has 0 nitrogen and oxygen atoms in total. The van der Waals surface area contributed by atoms with Crippen molar-refractivity contribution >= 4 is 0 Å². The maximum Gasteiger partial charge on any atom is 0.409 e. The number of allylic oxidation sites excluding steroid dienone is 2. The predicted molar refractivity (Wildman–Crippen MR) is 57.8 cm³/mol. The fourth-order valence-corrected chi connectivity index (χ4v) is 1.44. The minimum Gasteiger partial charge on any atom is -0.167 e. The highest BCUT2D eigenvalue weighted by atomic mass is 19.4. The van der Waals surface area contributed by atoms with Crippen molar-refractivity contribution in [2.24, 2.45) is 0 Å². The van der Waals surface area contributed by atoms with E-state index in [1.807, 2.05) is 0 Å². The van der Waals surface area contributed by atoms with E-state index >= 15 is 0 Å². The number of halogens is 3. The topological polar surface area (TPSA) is 0 Å². The lowest BCUT2D eigenvalue weighted by atomic mass is 10.1. The normalized spacial score (nSPS) is 12.5. The zero-order valence-corrected chi connectivity index (χ0v) is 9.45. The predicted octanol–water partition coefficient (Wildman–Crippen LogP) is 5.25. The Hall–Kier alpha value is -0.470. The molecule has 0 aliphatic heterocycles. The van der Waals surface area contributed by atoms with Gasteiger partial charge < -0.3 is 0 Å². The fourth-order valence-electron chi connectivity index (χ4n) is 1.44. The SMILES string of the molecule is CCCCCCCCC/C=C/C(F)(F)F. The molecule has 0 bridgehead atoms. The van der Waals surface area contributed by atoms with Gasteiger partial charge in [0, 0.05) is 6.08 Å². The molecule has 0 fully saturated rings. The maximum absolute atomic E-state index is 11.7. The summed E-state index contributed by atoms with van der Waals surface area (Å²) in [6, 6.07) is 0. The van der Waals surface area contributed by atoms with Crippen molar-refractivity contribution in [1.29, 1.82) is 0 Å². The summed E-state index contributed by atoms with van der Waals surface area (Å²) < 4.78 is 35.1. The van der Waals surface area contributed by atoms with Gasteiger partial charge in [-0.3, -0.25) is 0 Å². The van der Waals surface area contributed by atoms with Gasteiger partial charge in [0.05, 0.1) is 0 Å². The van der Waals surface area contributed by atoms with E-state index in [1.165, 1.54) is 31.8 Å². The van der Waals surface area contributed by atoms with Gasteiger partial charge in [0.15, 0.2) is 0 Å². The van der Waals surface area contributed by atoms with Crippen LogP contribution in [0.1, 0.15) is 58.3 Å². The highest BCUT2D eigenvalue weighted by Gasteiger charge is 2.21. The first kappa shape index (κ1) is 14.5. The van der Waals surface area contributed by atoms with Crippen LogP contribution in [0.5, 0.6) is 0 Å². The van der Waals surface area contributed by atoms with Crippen LogP contribution in [0.25, 0.3) is 0 Å². The van der Waals surface area contributed by atoms with E-state index in [0.717, 1.165) is 19.3 Å². The zero-order valence-electron chi connectivity index (χ0n) is 9.45. The van der Waals surface area contributed by atoms with Gasteiger partial charge in [-0.15, -0.1) is 0 Å². The first-order valence-corrected chi connectivity index (χ1v) is 5.80. The third kappa shape index (κ3) is 13.5. The van der Waals surface area contributed by atoms with Gasteiger partial charge in [0.25, 0.3) is 0 Å². The molecule has 0 aromatic carbocycles. The highest BCUT2D eigenvalue weighted by Crippen LogP contribution is 2.17. The number of hydrogen-bond donors (Lipinski definition) is 0. The van der Waals surface area contributed by atoms with Crippen LogP contribution in [0, 0.1) is 0 Å². The van der Waals surface area contributed by atoms with E-state index in [0.29, 0.717) is 12.5 Å². The summed E-state index contributed by atoms with van der Waals surface area (Å²) >= 11 is 0. The van der Waals surface area contributed by atoms with Crippen molar-refractivity contribution in [3.8, 4) is 0 Å². The molecule has 0 radical (unpaired) electrons. The standard InChI is InChI=1S/C12H21F3/c1-2-3-4-5-6-7-8-9-10-11-12(13,14)15/h10-11H,2-9H2,1H3/b11-10+. The Morgan fingerprint density at radius 1 is 0.867 bits per heavy atom. The Morgan fingerprint density at radius 2 is 1.40 bits per heavy atom. The number of alkyl halides is 3. The molecule has 90 valence electrons. The van der Waals surface area contributed by atoms with E-state index in [-0.39, 0.29) is 0 Å². The van der Waals surface area contributed by atoms with Gasteiger partial charge in [-0.05, 0) is 12.8 Å². The van der Waals surface area contributed by atoms with Crippen molar-refractivity contribution in [2.45, 2.75) is 64.5 Å². The van der Waals surface area contributed by atoms with Crippen molar-refractivity contribution < 1.29 is 13.2 Å².